The summed E-state index contributed by atoms with van der Waals surface area (Å²) in [5.41, 5.74) is 5.25. The summed E-state index contributed by atoms with van der Waals surface area (Å²) in [5, 5.41) is 5.30. The lowest BCUT2D eigenvalue weighted by Crippen LogP contribution is -2.35. The van der Waals surface area contributed by atoms with Gasteiger partial charge in [0.25, 0.3) is 0 Å². The summed E-state index contributed by atoms with van der Waals surface area (Å²) in [6, 6.07) is 33.0. The van der Waals surface area contributed by atoms with E-state index in [1.54, 1.807) is 7.11 Å². The molecular weight excluding hydrogens is 551 g/mol. The number of pyridine rings is 1. The summed E-state index contributed by atoms with van der Waals surface area (Å²) in [4.78, 5) is 4.62. The van der Waals surface area contributed by atoms with Gasteiger partial charge in [-0.1, -0.05) is 114 Å². The molecule has 5 aromatic rings. The van der Waals surface area contributed by atoms with Crippen LogP contribution >= 0.6 is 35.6 Å². The van der Waals surface area contributed by atoms with Crippen LogP contribution in [0.4, 0.5) is 0 Å². The molecule has 1 N–H and O–H groups in total. The van der Waals surface area contributed by atoms with Crippen molar-refractivity contribution in [3.05, 3.63) is 141 Å². The molecule has 7 heteroatoms. The first-order valence-corrected chi connectivity index (χ1v) is 13.3. The molecule has 0 saturated heterocycles. The van der Waals surface area contributed by atoms with Gasteiger partial charge in [0.2, 0.25) is 0 Å². The predicted octanol–water partition coefficient (Wildman–Crippen LogP) is 8.13. The van der Waals surface area contributed by atoms with Crippen LogP contribution in [0, 0.1) is 0 Å². The van der Waals surface area contributed by atoms with Crippen LogP contribution in [0.2, 0.25) is 10.0 Å². The molecule has 0 saturated carbocycles. The van der Waals surface area contributed by atoms with Crippen LogP contribution in [0.1, 0.15) is 33.9 Å². The Labute approximate surface area is 244 Å². The number of nitrogens with one attached hydrogen (secondary N) is 1. The third kappa shape index (κ3) is 4.77. The first kappa shape index (κ1) is 27.4. The van der Waals surface area contributed by atoms with Gasteiger partial charge >= 0.3 is 0 Å². The van der Waals surface area contributed by atoms with E-state index in [-0.39, 0.29) is 18.4 Å². The molecule has 1 aliphatic rings. The Hall–Kier alpha value is -3.12. The molecule has 2 heterocycles. The van der Waals surface area contributed by atoms with Crippen molar-refractivity contribution < 1.29 is 9.47 Å². The average Bonchev–Trinajstić information content (AvgIpc) is 3.40. The zero-order valence-electron chi connectivity index (χ0n) is 21.2. The molecule has 0 fully saturated rings. The lowest BCUT2D eigenvalue weighted by Gasteiger charge is -2.37. The SMILES string of the molecule is COc1cc2c3c(cnc2c(Cl)c1Cl)CNC3COC(c1ccccc1)(c1ccccc1)c1ccccc1.Cl. The Morgan fingerprint density at radius 2 is 1.38 bits per heavy atom. The number of fused-ring (bicyclic) bond motifs is 3. The van der Waals surface area contributed by atoms with E-state index in [0.29, 0.717) is 34.5 Å². The van der Waals surface area contributed by atoms with E-state index in [0.717, 1.165) is 33.2 Å². The second kappa shape index (κ2) is 11.5. The van der Waals surface area contributed by atoms with E-state index >= 15 is 0 Å². The van der Waals surface area contributed by atoms with Gasteiger partial charge in [0.05, 0.1) is 30.3 Å². The number of hydrogen-bond donors (Lipinski definition) is 1. The molecule has 0 bridgehead atoms. The molecule has 39 heavy (non-hydrogen) atoms. The van der Waals surface area contributed by atoms with E-state index in [1.807, 2.05) is 30.5 Å². The minimum Gasteiger partial charge on any atom is -0.495 e. The number of benzene rings is 4. The van der Waals surface area contributed by atoms with Crippen molar-refractivity contribution >= 4 is 46.5 Å². The largest absolute Gasteiger partial charge is 0.495 e. The normalized spacial score (nSPS) is 14.6. The summed E-state index contributed by atoms with van der Waals surface area (Å²) < 4.78 is 12.6. The standard InChI is InChI=1S/C32H26Cl2N2O2.ClH/c1-37-27-17-25-28-21(19-36-31(25)30(34)29(27)33)18-35-26(28)20-38-32(22-11-5-2-6-12-22,23-13-7-3-8-14-23)24-15-9-4-10-16-24;/h2-17,19,26,35H,18,20H2,1H3;1H. The maximum Gasteiger partial charge on any atom is 0.143 e. The second-order valence-electron chi connectivity index (χ2n) is 9.32. The van der Waals surface area contributed by atoms with Gasteiger partial charge in [-0.25, -0.2) is 0 Å². The van der Waals surface area contributed by atoms with Gasteiger partial charge in [0, 0.05) is 18.1 Å². The number of hydrogen-bond acceptors (Lipinski definition) is 4. The summed E-state index contributed by atoms with van der Waals surface area (Å²) in [6.45, 7) is 1.09. The Morgan fingerprint density at radius 1 is 0.846 bits per heavy atom. The van der Waals surface area contributed by atoms with E-state index < -0.39 is 5.60 Å². The number of rotatable bonds is 7. The molecule has 4 nitrogen and oxygen atoms in total. The fourth-order valence-electron chi connectivity index (χ4n) is 5.46. The van der Waals surface area contributed by atoms with Crippen LogP contribution in [-0.4, -0.2) is 18.7 Å². The Bertz CT molecular complexity index is 1490. The Kier molecular flexibility index (Phi) is 8.13. The molecule has 0 radical (unpaired) electrons. The molecule has 0 amide bonds. The number of ether oxygens (including phenoxy) is 2. The number of nitrogens with zero attached hydrogens (tertiary/aromatic N) is 1. The Morgan fingerprint density at radius 3 is 1.90 bits per heavy atom. The topological polar surface area (TPSA) is 43.4 Å². The monoisotopic (exact) mass is 576 g/mol. The lowest BCUT2D eigenvalue weighted by molar-refractivity contribution is 0.00117. The van der Waals surface area contributed by atoms with Gasteiger partial charge < -0.3 is 14.8 Å². The van der Waals surface area contributed by atoms with E-state index in [9.17, 15) is 0 Å². The molecule has 1 aromatic heterocycles. The quantitative estimate of drug-likeness (QED) is 0.198. The van der Waals surface area contributed by atoms with Gasteiger partial charge in [0.1, 0.15) is 16.4 Å². The molecule has 1 atom stereocenters. The zero-order chi connectivity index (χ0) is 26.1. The van der Waals surface area contributed by atoms with Gasteiger partial charge in [-0.3, -0.25) is 4.98 Å². The van der Waals surface area contributed by atoms with Crippen molar-refractivity contribution in [1.29, 1.82) is 0 Å². The first-order valence-electron chi connectivity index (χ1n) is 12.5. The molecule has 0 aliphatic carbocycles. The fraction of sp³-hybridized carbons (Fsp3) is 0.156. The minimum atomic E-state index is -0.810. The second-order valence-corrected chi connectivity index (χ2v) is 10.1. The predicted molar refractivity (Wildman–Crippen MR) is 160 cm³/mol. The summed E-state index contributed by atoms with van der Waals surface area (Å²) >= 11 is 13.1. The van der Waals surface area contributed by atoms with Crippen molar-refractivity contribution in [1.82, 2.24) is 10.3 Å². The highest BCUT2D eigenvalue weighted by molar-refractivity contribution is 6.46. The summed E-state index contributed by atoms with van der Waals surface area (Å²) in [5.74, 6) is 0.526. The average molecular weight is 578 g/mol. The van der Waals surface area contributed by atoms with E-state index in [4.69, 9.17) is 32.7 Å². The van der Waals surface area contributed by atoms with Crippen molar-refractivity contribution in [3.8, 4) is 5.75 Å². The van der Waals surface area contributed by atoms with Crippen LogP contribution < -0.4 is 10.1 Å². The molecule has 4 aromatic carbocycles. The summed E-state index contributed by atoms with van der Waals surface area (Å²) in [7, 11) is 1.59. The van der Waals surface area contributed by atoms with Crippen molar-refractivity contribution in [2.24, 2.45) is 0 Å². The third-order valence-electron chi connectivity index (χ3n) is 7.25. The fourth-order valence-corrected chi connectivity index (χ4v) is 5.93. The zero-order valence-corrected chi connectivity index (χ0v) is 23.6. The molecule has 0 spiro atoms. The van der Waals surface area contributed by atoms with Gasteiger partial charge in [-0.15, -0.1) is 12.4 Å². The number of aromatic nitrogens is 1. The van der Waals surface area contributed by atoms with Crippen LogP contribution in [0.3, 0.4) is 0 Å². The molecule has 1 unspecified atom stereocenters. The smallest absolute Gasteiger partial charge is 0.143 e. The molecule has 6 rings (SSSR count). The van der Waals surface area contributed by atoms with E-state index in [1.165, 1.54) is 0 Å². The third-order valence-corrected chi connectivity index (χ3v) is 8.09. The highest BCUT2D eigenvalue weighted by Crippen LogP contribution is 2.44. The molecule has 1 aliphatic heterocycles. The van der Waals surface area contributed by atoms with Crippen LogP contribution in [0.5, 0.6) is 5.75 Å². The van der Waals surface area contributed by atoms with Crippen molar-refractivity contribution in [2.45, 2.75) is 18.2 Å². The van der Waals surface area contributed by atoms with Gasteiger partial charge in [0.15, 0.2) is 0 Å². The lowest BCUT2D eigenvalue weighted by atomic mass is 9.80. The summed E-state index contributed by atoms with van der Waals surface area (Å²) in [6.07, 6.45) is 1.87. The van der Waals surface area contributed by atoms with Crippen LogP contribution in [0.15, 0.2) is 103 Å². The van der Waals surface area contributed by atoms with E-state index in [2.05, 4.69) is 83.1 Å². The Balaban J connectivity index is 0.00000308. The maximum absolute atomic E-state index is 7.11. The highest BCUT2D eigenvalue weighted by Gasteiger charge is 2.39. The van der Waals surface area contributed by atoms with Crippen LogP contribution in [-0.2, 0) is 16.9 Å². The number of methoxy groups -OCH3 is 1. The van der Waals surface area contributed by atoms with Crippen molar-refractivity contribution in [2.75, 3.05) is 13.7 Å². The van der Waals surface area contributed by atoms with Gasteiger partial charge in [-0.05, 0) is 33.9 Å². The first-order chi connectivity index (χ1) is 18.6. The van der Waals surface area contributed by atoms with Crippen LogP contribution in [0.25, 0.3) is 10.9 Å². The van der Waals surface area contributed by atoms with Crippen molar-refractivity contribution in [3.63, 3.8) is 0 Å². The van der Waals surface area contributed by atoms with Gasteiger partial charge in [-0.2, -0.15) is 0 Å². The molecular formula is C32H27Cl3N2O2. The molecule has 198 valence electrons. The number of halogens is 3. The maximum atomic E-state index is 7.11. The highest BCUT2D eigenvalue weighted by atomic mass is 35.5. The minimum absolute atomic E-state index is 0.